The molecule has 1 aliphatic heterocycles. The highest BCUT2D eigenvalue weighted by molar-refractivity contribution is 8.01. The quantitative estimate of drug-likeness (QED) is 0.129. The summed E-state index contributed by atoms with van der Waals surface area (Å²) in [5.41, 5.74) is -0.371. The van der Waals surface area contributed by atoms with Crippen LogP contribution in [0.1, 0.15) is 18.1 Å². The minimum absolute atomic E-state index is 0.0385. The fraction of sp³-hybridized carbons (Fsp3) is 0.250. The van der Waals surface area contributed by atoms with E-state index in [1.165, 1.54) is 38.1 Å². The highest BCUT2D eigenvalue weighted by Gasteiger charge is 2.62. The number of methoxy groups -OCH3 is 2. The van der Waals surface area contributed by atoms with Gasteiger partial charge in [0, 0.05) is 21.9 Å². The second-order valence-electron chi connectivity index (χ2n) is 8.00. The number of ketones is 1. The van der Waals surface area contributed by atoms with Crippen molar-refractivity contribution in [2.75, 3.05) is 26.6 Å². The summed E-state index contributed by atoms with van der Waals surface area (Å²) in [4.78, 5) is 62.5. The Bertz CT molecular complexity index is 1280. The molecule has 1 heterocycles. The minimum Gasteiger partial charge on any atom is -0.466 e. The molecule has 1 fully saturated rings. The van der Waals surface area contributed by atoms with Crippen LogP contribution in [0.5, 0.6) is 0 Å². The fourth-order valence-electron chi connectivity index (χ4n) is 3.43. The number of esters is 4. The number of ether oxygens (including phenoxy) is 4. The number of Topliss-reactive ketones (excluding diaryl/α,β-unsaturated/α-hetero) is 1. The normalized spacial score (nSPS) is 18.8. The largest absolute Gasteiger partial charge is 0.466 e. The summed E-state index contributed by atoms with van der Waals surface area (Å²) in [6.45, 7) is 1.66. The predicted molar refractivity (Wildman–Crippen MR) is 146 cm³/mol. The maximum Gasteiger partial charge on any atom is 0.377 e. The monoisotopic (exact) mass is 570 g/mol. The Morgan fingerprint density at radius 3 is 1.87 bits per heavy atom. The van der Waals surface area contributed by atoms with E-state index in [1.54, 1.807) is 67.6 Å². The molecular weight excluding hydrogens is 544 g/mol. The predicted octanol–water partition coefficient (Wildman–Crippen LogP) is 3.74. The molecule has 9 nitrogen and oxygen atoms in total. The molecule has 0 aromatic heterocycles. The van der Waals surface area contributed by atoms with Gasteiger partial charge < -0.3 is 18.9 Å². The van der Waals surface area contributed by atoms with Gasteiger partial charge in [-0.25, -0.2) is 19.2 Å². The molecule has 0 aliphatic carbocycles. The summed E-state index contributed by atoms with van der Waals surface area (Å²) in [7, 11) is 2.57. The van der Waals surface area contributed by atoms with Crippen molar-refractivity contribution < 1.29 is 42.9 Å². The number of carbonyl (C=O) groups excluding carboxylic acids is 5. The molecule has 39 heavy (non-hydrogen) atoms. The summed E-state index contributed by atoms with van der Waals surface area (Å²) >= 11 is 2.26. The lowest BCUT2D eigenvalue weighted by atomic mass is 10.0. The molecule has 204 valence electrons. The van der Waals surface area contributed by atoms with Crippen LogP contribution in [0.25, 0.3) is 12.2 Å². The summed E-state index contributed by atoms with van der Waals surface area (Å²) in [5, 5.41) is -1.17. The van der Waals surface area contributed by atoms with Gasteiger partial charge in [-0.3, -0.25) is 4.79 Å². The zero-order valence-electron chi connectivity index (χ0n) is 21.4. The minimum atomic E-state index is -1.84. The Kier molecular flexibility index (Phi) is 10.5. The number of thioether (sulfide) groups is 2. The number of hydrogen-bond acceptors (Lipinski definition) is 11. The van der Waals surface area contributed by atoms with Crippen LogP contribution in [0.2, 0.25) is 0 Å². The van der Waals surface area contributed by atoms with E-state index in [0.29, 0.717) is 10.5 Å². The SMILES string of the molecule is CCOC(=O)C1(CSc2ccc(C=CC(=O)OC)cc2)OC(=O)C(=O)C1Sc1ccc(C=CC(=O)OC)cc1. The summed E-state index contributed by atoms with van der Waals surface area (Å²) in [6, 6.07) is 14.0. The van der Waals surface area contributed by atoms with E-state index in [1.807, 2.05) is 0 Å². The summed E-state index contributed by atoms with van der Waals surface area (Å²) in [6.07, 6.45) is 5.75. The highest BCUT2D eigenvalue weighted by atomic mass is 32.2. The van der Waals surface area contributed by atoms with E-state index < -0.39 is 40.5 Å². The van der Waals surface area contributed by atoms with Gasteiger partial charge in [0.1, 0.15) is 5.25 Å². The Labute approximate surface area is 233 Å². The van der Waals surface area contributed by atoms with Gasteiger partial charge in [0.15, 0.2) is 0 Å². The lowest BCUT2D eigenvalue weighted by molar-refractivity contribution is -0.171. The van der Waals surface area contributed by atoms with Crippen LogP contribution < -0.4 is 0 Å². The van der Waals surface area contributed by atoms with E-state index in [9.17, 15) is 24.0 Å². The average Bonchev–Trinajstić information content (AvgIpc) is 3.20. The Morgan fingerprint density at radius 2 is 1.38 bits per heavy atom. The Morgan fingerprint density at radius 1 is 0.872 bits per heavy atom. The van der Waals surface area contributed by atoms with Crippen molar-refractivity contribution in [1.82, 2.24) is 0 Å². The number of cyclic esters (lactones) is 1. The third kappa shape index (κ3) is 7.61. The second kappa shape index (κ2) is 13.8. The molecule has 2 atom stereocenters. The van der Waals surface area contributed by atoms with Crippen molar-refractivity contribution in [2.45, 2.75) is 27.6 Å². The molecule has 1 aliphatic rings. The molecule has 0 N–H and O–H groups in total. The third-order valence-electron chi connectivity index (χ3n) is 5.45. The maximum absolute atomic E-state index is 13.2. The van der Waals surface area contributed by atoms with Gasteiger partial charge in [-0.05, 0) is 54.5 Å². The first-order chi connectivity index (χ1) is 18.7. The van der Waals surface area contributed by atoms with E-state index in [2.05, 4.69) is 9.47 Å². The van der Waals surface area contributed by atoms with Crippen LogP contribution in [-0.2, 0) is 42.9 Å². The fourth-order valence-corrected chi connectivity index (χ4v) is 5.77. The second-order valence-corrected chi connectivity index (χ2v) is 10.2. The first kappa shape index (κ1) is 29.7. The first-order valence-corrected chi connectivity index (χ1v) is 13.5. The standard InChI is InChI=1S/C28H26O9S2/c1-4-36-27(33)28(17-38-20-11-5-18(6-12-20)9-15-22(29)34-2)25(24(31)26(32)37-28)39-21-13-7-19(8-14-21)10-16-23(30)35-3/h5-16,25H,4,17H2,1-3H3. The molecule has 0 spiro atoms. The molecular formula is C28H26O9S2. The van der Waals surface area contributed by atoms with Gasteiger partial charge in [-0.2, -0.15) is 0 Å². The smallest absolute Gasteiger partial charge is 0.377 e. The van der Waals surface area contributed by atoms with E-state index >= 15 is 0 Å². The molecule has 0 saturated carbocycles. The zero-order chi connectivity index (χ0) is 28.4. The van der Waals surface area contributed by atoms with Crippen LogP contribution in [0.3, 0.4) is 0 Å². The molecule has 1 saturated heterocycles. The van der Waals surface area contributed by atoms with Gasteiger partial charge in [0.2, 0.25) is 5.60 Å². The highest BCUT2D eigenvalue weighted by Crippen LogP contribution is 2.42. The van der Waals surface area contributed by atoms with Gasteiger partial charge in [-0.15, -0.1) is 23.5 Å². The number of hydrogen-bond donors (Lipinski definition) is 0. The summed E-state index contributed by atoms with van der Waals surface area (Å²) in [5.74, 6) is -3.76. The van der Waals surface area contributed by atoms with Crippen molar-refractivity contribution >= 4 is 65.3 Å². The summed E-state index contributed by atoms with van der Waals surface area (Å²) < 4.78 is 19.9. The Balaban J connectivity index is 1.82. The van der Waals surface area contributed by atoms with Crippen LogP contribution >= 0.6 is 23.5 Å². The molecule has 0 radical (unpaired) electrons. The van der Waals surface area contributed by atoms with Crippen LogP contribution in [0.15, 0.2) is 70.5 Å². The Hall–Kier alpha value is -3.83. The van der Waals surface area contributed by atoms with Crippen molar-refractivity contribution in [2.24, 2.45) is 0 Å². The number of rotatable bonds is 11. The van der Waals surface area contributed by atoms with Gasteiger partial charge >= 0.3 is 23.9 Å². The number of benzene rings is 2. The molecule has 0 bridgehead atoms. The molecule has 3 rings (SSSR count). The molecule has 2 aromatic rings. The van der Waals surface area contributed by atoms with Crippen molar-refractivity contribution in [3.63, 3.8) is 0 Å². The third-order valence-corrected chi connectivity index (χ3v) is 8.01. The van der Waals surface area contributed by atoms with Crippen LogP contribution in [-0.4, -0.2) is 67.1 Å². The van der Waals surface area contributed by atoms with Gasteiger partial charge in [0.25, 0.3) is 5.78 Å². The van der Waals surface area contributed by atoms with E-state index in [-0.39, 0.29) is 12.4 Å². The van der Waals surface area contributed by atoms with Crippen LogP contribution in [0, 0.1) is 0 Å². The lowest BCUT2D eigenvalue weighted by Gasteiger charge is -2.29. The van der Waals surface area contributed by atoms with E-state index in [4.69, 9.17) is 9.47 Å². The number of carbonyl (C=O) groups is 5. The molecule has 0 amide bonds. The van der Waals surface area contributed by atoms with Crippen molar-refractivity contribution in [3.05, 3.63) is 71.8 Å². The van der Waals surface area contributed by atoms with Gasteiger partial charge in [-0.1, -0.05) is 24.3 Å². The molecule has 2 aromatic carbocycles. The van der Waals surface area contributed by atoms with Gasteiger partial charge in [0.05, 0.1) is 26.6 Å². The van der Waals surface area contributed by atoms with E-state index in [0.717, 1.165) is 22.2 Å². The maximum atomic E-state index is 13.2. The first-order valence-electron chi connectivity index (χ1n) is 11.7. The van der Waals surface area contributed by atoms with Crippen molar-refractivity contribution in [1.29, 1.82) is 0 Å². The van der Waals surface area contributed by atoms with Crippen LogP contribution in [0.4, 0.5) is 0 Å². The topological polar surface area (TPSA) is 122 Å². The molecule has 2 unspecified atom stereocenters. The average molecular weight is 571 g/mol. The lowest BCUT2D eigenvalue weighted by Crippen LogP contribution is -2.50. The van der Waals surface area contributed by atoms with Crippen molar-refractivity contribution in [3.8, 4) is 0 Å². The molecule has 11 heteroatoms. The zero-order valence-corrected chi connectivity index (χ0v) is 23.0.